The Labute approximate surface area is 199 Å². The van der Waals surface area contributed by atoms with Crippen LogP contribution in [0, 0.1) is 11.7 Å². The molecule has 0 spiro atoms. The van der Waals surface area contributed by atoms with E-state index in [9.17, 15) is 14.3 Å². The number of rotatable bonds is 9. The average molecular weight is 469 g/mol. The van der Waals surface area contributed by atoms with Crippen LogP contribution >= 0.6 is 0 Å². The third-order valence-corrected chi connectivity index (χ3v) is 7.03. The number of hydrogen-bond acceptors (Lipinski definition) is 6. The fourth-order valence-electron chi connectivity index (χ4n) is 4.85. The molecule has 0 radical (unpaired) electrons. The number of aliphatic hydroxyl groups is 1. The molecule has 2 aromatic rings. The first kappa shape index (κ1) is 23.1. The molecule has 8 heteroatoms. The number of benzene rings is 1. The van der Waals surface area contributed by atoms with Gasteiger partial charge in [0, 0.05) is 43.1 Å². The minimum Gasteiger partial charge on any atom is -0.474 e. The number of nitrogens with one attached hydrogen (secondary N) is 1. The lowest BCUT2D eigenvalue weighted by Gasteiger charge is -2.29. The van der Waals surface area contributed by atoms with Gasteiger partial charge in [-0.15, -0.1) is 0 Å². The second kappa shape index (κ2) is 10.3. The van der Waals surface area contributed by atoms with Gasteiger partial charge in [-0.25, -0.2) is 9.37 Å². The van der Waals surface area contributed by atoms with Gasteiger partial charge in [0.1, 0.15) is 18.0 Å². The van der Waals surface area contributed by atoms with Gasteiger partial charge in [-0.1, -0.05) is 0 Å². The molecule has 3 fully saturated rings. The van der Waals surface area contributed by atoms with Crippen molar-refractivity contribution in [1.82, 2.24) is 15.2 Å². The summed E-state index contributed by atoms with van der Waals surface area (Å²) in [4.78, 5) is 22.0. The summed E-state index contributed by atoms with van der Waals surface area (Å²) < 4.78 is 19.0. The fraction of sp³-hybridized carbons (Fsp3) is 0.538. The van der Waals surface area contributed by atoms with E-state index in [1.54, 1.807) is 24.4 Å². The number of amides is 1. The van der Waals surface area contributed by atoms with Crippen LogP contribution in [0.1, 0.15) is 43.8 Å². The van der Waals surface area contributed by atoms with E-state index in [2.05, 4.69) is 20.1 Å². The van der Waals surface area contributed by atoms with E-state index < -0.39 is 12.1 Å². The summed E-state index contributed by atoms with van der Waals surface area (Å²) in [6.45, 7) is 3.89. The Morgan fingerprint density at radius 2 is 1.88 bits per heavy atom. The van der Waals surface area contributed by atoms with E-state index in [-0.39, 0.29) is 23.7 Å². The number of carbonyl (C=O) groups excluding carboxylic acids is 1. The van der Waals surface area contributed by atoms with Gasteiger partial charge >= 0.3 is 0 Å². The van der Waals surface area contributed by atoms with Gasteiger partial charge in [-0.2, -0.15) is 0 Å². The zero-order chi connectivity index (χ0) is 23.5. The van der Waals surface area contributed by atoms with Crippen molar-refractivity contribution in [3.63, 3.8) is 0 Å². The van der Waals surface area contributed by atoms with Crippen LogP contribution in [-0.2, 0) is 4.79 Å². The largest absolute Gasteiger partial charge is 0.474 e. The van der Waals surface area contributed by atoms with E-state index in [1.165, 1.54) is 12.1 Å². The third kappa shape index (κ3) is 5.67. The van der Waals surface area contributed by atoms with Gasteiger partial charge in [0.25, 0.3) is 0 Å². The lowest BCUT2D eigenvalue weighted by molar-refractivity contribution is -0.126. The van der Waals surface area contributed by atoms with Crippen molar-refractivity contribution in [3.05, 3.63) is 54.0 Å². The van der Waals surface area contributed by atoms with Crippen molar-refractivity contribution in [1.29, 1.82) is 0 Å². The fourth-order valence-corrected chi connectivity index (χ4v) is 4.85. The Hall–Kier alpha value is -2.71. The van der Waals surface area contributed by atoms with Gasteiger partial charge in [0.15, 0.2) is 0 Å². The molecule has 1 saturated carbocycles. The van der Waals surface area contributed by atoms with Crippen molar-refractivity contribution in [2.45, 2.75) is 50.4 Å². The number of likely N-dealkylation sites (tertiary alicyclic amines) is 1. The SMILES string of the molecule is O=C(N[C@H](CN1CCCC1)[C@H](O)c1ccc(OC2CC2)nc1)C1CCN(c2ccc(F)cc2)C1. The number of pyridine rings is 1. The Balaban J connectivity index is 1.23. The van der Waals surface area contributed by atoms with Gasteiger partial charge in [0.2, 0.25) is 11.8 Å². The number of nitrogens with zero attached hydrogens (tertiary/aromatic N) is 3. The third-order valence-electron chi connectivity index (χ3n) is 7.03. The number of aromatic nitrogens is 1. The van der Waals surface area contributed by atoms with E-state index in [1.807, 2.05) is 6.07 Å². The highest BCUT2D eigenvalue weighted by atomic mass is 19.1. The highest BCUT2D eigenvalue weighted by Crippen LogP contribution is 2.28. The monoisotopic (exact) mass is 468 g/mol. The molecule has 34 heavy (non-hydrogen) atoms. The van der Waals surface area contributed by atoms with Gasteiger partial charge in [-0.05, 0) is 75.5 Å². The normalized spacial score (nSPS) is 22.5. The summed E-state index contributed by atoms with van der Waals surface area (Å²) in [5.41, 5.74) is 1.59. The minimum atomic E-state index is -0.860. The Morgan fingerprint density at radius 3 is 2.56 bits per heavy atom. The molecule has 2 aliphatic heterocycles. The smallest absolute Gasteiger partial charge is 0.225 e. The van der Waals surface area contributed by atoms with E-state index >= 15 is 0 Å². The number of hydrogen-bond donors (Lipinski definition) is 2. The Morgan fingerprint density at radius 1 is 1.12 bits per heavy atom. The van der Waals surface area contributed by atoms with Crippen LogP contribution in [0.5, 0.6) is 5.88 Å². The molecular formula is C26H33FN4O3. The highest BCUT2D eigenvalue weighted by molar-refractivity contribution is 5.80. The lowest BCUT2D eigenvalue weighted by atomic mass is 10.0. The standard InChI is InChI=1S/C26H33FN4O3/c27-20-4-6-21(7-5-20)31-14-11-19(16-31)26(33)29-23(17-30-12-1-2-13-30)25(32)18-3-10-24(28-15-18)34-22-8-9-22/h3-7,10,15,19,22-23,25,32H,1-2,8-9,11-14,16-17H2,(H,29,33)/t19?,23-,25-/m1/s1. The maximum Gasteiger partial charge on any atom is 0.225 e. The molecule has 7 nitrogen and oxygen atoms in total. The molecule has 1 aromatic heterocycles. The van der Waals surface area contributed by atoms with Gasteiger partial charge in [0.05, 0.1) is 12.0 Å². The predicted molar refractivity (Wildman–Crippen MR) is 127 cm³/mol. The summed E-state index contributed by atoms with van der Waals surface area (Å²) >= 11 is 0. The average Bonchev–Trinajstić information content (AvgIpc) is 3.29. The number of aliphatic hydroxyl groups excluding tert-OH is 1. The summed E-state index contributed by atoms with van der Waals surface area (Å²) in [5.74, 6) is 0.0864. The molecule has 5 rings (SSSR count). The molecule has 2 N–H and O–H groups in total. The van der Waals surface area contributed by atoms with Crippen LogP contribution in [0.4, 0.5) is 10.1 Å². The van der Waals surface area contributed by atoms with Crippen molar-refractivity contribution in [2.75, 3.05) is 37.6 Å². The number of carbonyl (C=O) groups is 1. The first-order valence-electron chi connectivity index (χ1n) is 12.4. The summed E-state index contributed by atoms with van der Waals surface area (Å²) in [6.07, 6.45) is 6.20. The number of halogens is 1. The predicted octanol–water partition coefficient (Wildman–Crippen LogP) is 2.90. The van der Waals surface area contributed by atoms with Gasteiger partial charge < -0.3 is 25.0 Å². The van der Waals surface area contributed by atoms with Crippen molar-refractivity contribution in [3.8, 4) is 5.88 Å². The van der Waals surface area contributed by atoms with Gasteiger partial charge in [-0.3, -0.25) is 4.79 Å². The molecule has 1 amide bonds. The lowest BCUT2D eigenvalue weighted by Crippen LogP contribution is -2.48. The molecule has 3 atom stereocenters. The van der Waals surface area contributed by atoms with E-state index in [0.717, 1.165) is 57.4 Å². The van der Waals surface area contributed by atoms with Crippen LogP contribution in [0.3, 0.4) is 0 Å². The molecule has 1 aliphatic carbocycles. The van der Waals surface area contributed by atoms with Crippen LogP contribution < -0.4 is 15.0 Å². The molecule has 182 valence electrons. The molecule has 3 heterocycles. The Kier molecular flexibility index (Phi) is 6.97. The molecule has 1 unspecified atom stereocenters. The molecule has 0 bridgehead atoms. The molecule has 3 aliphatic rings. The maximum atomic E-state index is 13.3. The van der Waals surface area contributed by atoms with Crippen LogP contribution in [-0.4, -0.2) is 65.8 Å². The van der Waals surface area contributed by atoms with Crippen LogP contribution in [0.15, 0.2) is 42.6 Å². The quantitative estimate of drug-likeness (QED) is 0.589. The summed E-state index contributed by atoms with van der Waals surface area (Å²) in [5, 5.41) is 14.4. The van der Waals surface area contributed by atoms with Crippen molar-refractivity contribution < 1.29 is 19.0 Å². The molecule has 1 aromatic carbocycles. The number of ether oxygens (including phenoxy) is 1. The molecular weight excluding hydrogens is 435 g/mol. The zero-order valence-electron chi connectivity index (χ0n) is 19.4. The topological polar surface area (TPSA) is 77.9 Å². The molecule has 2 saturated heterocycles. The minimum absolute atomic E-state index is 0.0468. The zero-order valence-corrected chi connectivity index (χ0v) is 19.4. The van der Waals surface area contributed by atoms with Crippen molar-refractivity contribution in [2.24, 2.45) is 5.92 Å². The summed E-state index contributed by atoms with van der Waals surface area (Å²) in [7, 11) is 0. The second-order valence-corrected chi connectivity index (χ2v) is 9.72. The van der Waals surface area contributed by atoms with E-state index in [4.69, 9.17) is 4.74 Å². The number of anilines is 1. The maximum absolute atomic E-state index is 13.3. The summed E-state index contributed by atoms with van der Waals surface area (Å²) in [6, 6.07) is 9.59. The van der Waals surface area contributed by atoms with Crippen LogP contribution in [0.25, 0.3) is 0 Å². The Bertz CT molecular complexity index is 961. The van der Waals surface area contributed by atoms with E-state index in [0.29, 0.717) is 24.5 Å². The highest BCUT2D eigenvalue weighted by Gasteiger charge is 2.33. The first-order valence-corrected chi connectivity index (χ1v) is 12.4. The second-order valence-electron chi connectivity index (χ2n) is 9.72. The first-order chi connectivity index (χ1) is 16.5. The van der Waals surface area contributed by atoms with Crippen LogP contribution in [0.2, 0.25) is 0 Å². The van der Waals surface area contributed by atoms with Crippen molar-refractivity contribution >= 4 is 11.6 Å².